The Morgan fingerprint density at radius 2 is 1.73 bits per heavy atom. The van der Waals surface area contributed by atoms with E-state index < -0.39 is 12.2 Å². The maximum atomic E-state index is 12.7. The van der Waals surface area contributed by atoms with E-state index in [1.54, 1.807) is 18.2 Å². The molecule has 1 aromatic rings. The zero-order valence-corrected chi connectivity index (χ0v) is 16.6. The minimum Gasteiger partial charge on any atom is -0.454 e. The number of fused-ring (bicyclic) bond motifs is 2. The lowest BCUT2D eigenvalue weighted by Gasteiger charge is -2.24. The number of hydrogen-bond acceptors (Lipinski definition) is 7. The third kappa shape index (κ3) is 3.91. The third-order valence-electron chi connectivity index (χ3n) is 6.14. The van der Waals surface area contributed by atoms with Gasteiger partial charge in [-0.3, -0.25) is 4.79 Å². The van der Waals surface area contributed by atoms with E-state index in [4.69, 9.17) is 23.7 Å². The van der Waals surface area contributed by atoms with Crippen LogP contribution in [0, 0.1) is 0 Å². The summed E-state index contributed by atoms with van der Waals surface area (Å²) in [4.78, 5) is 24.9. The summed E-state index contributed by atoms with van der Waals surface area (Å²) < 4.78 is 27.8. The fourth-order valence-corrected chi connectivity index (χ4v) is 4.56. The molecule has 1 aliphatic carbocycles. The number of carbonyl (C=O) groups is 2. The average Bonchev–Trinajstić information content (AvgIpc) is 3.47. The minimum atomic E-state index is -0.481. The van der Waals surface area contributed by atoms with Gasteiger partial charge in [-0.25, -0.2) is 4.79 Å². The summed E-state index contributed by atoms with van der Waals surface area (Å²) in [5.74, 6) is 0.935. The molecule has 30 heavy (non-hydrogen) atoms. The van der Waals surface area contributed by atoms with Crippen molar-refractivity contribution in [2.24, 2.45) is 0 Å². The highest BCUT2D eigenvalue weighted by Gasteiger charge is 2.50. The number of amides is 2. The Balaban J connectivity index is 1.14. The Labute approximate surface area is 174 Å². The van der Waals surface area contributed by atoms with Crippen molar-refractivity contribution in [2.75, 3.05) is 20.0 Å². The Kier molecular flexibility index (Phi) is 5.39. The Hall–Kier alpha value is -2.52. The molecule has 9 heteroatoms. The van der Waals surface area contributed by atoms with Crippen molar-refractivity contribution in [3.63, 3.8) is 0 Å². The van der Waals surface area contributed by atoms with E-state index in [0.29, 0.717) is 23.7 Å². The quantitative estimate of drug-likeness (QED) is 0.767. The lowest BCUT2D eigenvalue weighted by Crippen LogP contribution is -2.45. The van der Waals surface area contributed by atoms with E-state index in [0.717, 1.165) is 25.7 Å². The van der Waals surface area contributed by atoms with E-state index in [-0.39, 0.29) is 43.6 Å². The molecule has 5 rings (SSSR count). The largest absolute Gasteiger partial charge is 0.454 e. The van der Waals surface area contributed by atoms with Crippen molar-refractivity contribution >= 4 is 12.0 Å². The second-order valence-electron chi connectivity index (χ2n) is 8.17. The third-order valence-corrected chi connectivity index (χ3v) is 6.14. The number of benzene rings is 1. The Morgan fingerprint density at radius 3 is 2.60 bits per heavy atom. The molecule has 1 aromatic carbocycles. The molecule has 2 N–H and O–H groups in total. The van der Waals surface area contributed by atoms with Gasteiger partial charge < -0.3 is 34.3 Å². The second kappa shape index (κ2) is 8.31. The van der Waals surface area contributed by atoms with E-state index in [1.807, 2.05) is 0 Å². The van der Waals surface area contributed by atoms with Gasteiger partial charge in [-0.05, 0) is 31.0 Å². The summed E-state index contributed by atoms with van der Waals surface area (Å²) in [6, 6.07) is 4.92. The van der Waals surface area contributed by atoms with E-state index >= 15 is 0 Å². The van der Waals surface area contributed by atoms with Gasteiger partial charge in [0.15, 0.2) is 17.6 Å². The van der Waals surface area contributed by atoms with Crippen molar-refractivity contribution in [2.45, 2.75) is 62.5 Å². The predicted octanol–water partition coefficient (Wildman–Crippen LogP) is 1.74. The smallest absolute Gasteiger partial charge is 0.407 e. The fourth-order valence-electron chi connectivity index (χ4n) is 4.56. The molecule has 9 nitrogen and oxygen atoms in total. The molecule has 0 spiro atoms. The van der Waals surface area contributed by atoms with Crippen LogP contribution < -0.4 is 20.1 Å². The molecule has 2 saturated heterocycles. The first-order valence-electron chi connectivity index (χ1n) is 10.6. The number of rotatable bonds is 4. The monoisotopic (exact) mass is 418 g/mol. The molecule has 3 fully saturated rings. The first kappa shape index (κ1) is 19.4. The molecule has 0 aromatic heterocycles. The van der Waals surface area contributed by atoms with Crippen LogP contribution in [-0.2, 0) is 14.2 Å². The second-order valence-corrected chi connectivity index (χ2v) is 8.17. The van der Waals surface area contributed by atoms with Gasteiger partial charge in [-0.2, -0.15) is 0 Å². The fraction of sp³-hybridized carbons (Fsp3) is 0.619. The predicted molar refractivity (Wildman–Crippen MR) is 104 cm³/mol. The number of carbonyl (C=O) groups excluding carboxylic acids is 2. The van der Waals surface area contributed by atoms with Crippen LogP contribution in [0.1, 0.15) is 42.5 Å². The van der Waals surface area contributed by atoms with Gasteiger partial charge in [0.25, 0.3) is 5.91 Å². The lowest BCUT2D eigenvalue weighted by molar-refractivity contribution is 0.00260. The summed E-state index contributed by atoms with van der Waals surface area (Å²) >= 11 is 0. The molecule has 0 radical (unpaired) electrons. The van der Waals surface area contributed by atoms with Crippen molar-refractivity contribution < 1.29 is 33.3 Å². The van der Waals surface area contributed by atoms with Crippen LogP contribution in [0.25, 0.3) is 0 Å². The highest BCUT2D eigenvalue weighted by Crippen LogP contribution is 2.33. The van der Waals surface area contributed by atoms with Crippen molar-refractivity contribution in [1.29, 1.82) is 0 Å². The summed E-state index contributed by atoms with van der Waals surface area (Å²) in [7, 11) is 0. The topological polar surface area (TPSA) is 104 Å². The molecule has 0 unspecified atom stereocenters. The van der Waals surface area contributed by atoms with E-state index in [9.17, 15) is 9.59 Å². The molecule has 3 aliphatic heterocycles. The zero-order chi connectivity index (χ0) is 20.5. The van der Waals surface area contributed by atoms with Crippen LogP contribution in [0.15, 0.2) is 18.2 Å². The molecule has 3 heterocycles. The lowest BCUT2D eigenvalue weighted by atomic mass is 9.96. The van der Waals surface area contributed by atoms with E-state index in [2.05, 4.69) is 10.6 Å². The highest BCUT2D eigenvalue weighted by atomic mass is 16.7. The van der Waals surface area contributed by atoms with Gasteiger partial charge in [0.2, 0.25) is 6.79 Å². The zero-order valence-electron chi connectivity index (χ0n) is 16.6. The van der Waals surface area contributed by atoms with Crippen LogP contribution in [0.3, 0.4) is 0 Å². The van der Waals surface area contributed by atoms with Crippen LogP contribution in [0.4, 0.5) is 4.79 Å². The van der Waals surface area contributed by atoms with Gasteiger partial charge in [-0.15, -0.1) is 0 Å². The molecule has 162 valence electrons. The number of hydrogen-bond donors (Lipinski definition) is 2. The molecule has 4 atom stereocenters. The van der Waals surface area contributed by atoms with Gasteiger partial charge in [0.05, 0.1) is 19.3 Å². The number of alkyl carbamates (subject to hydrolysis) is 1. The van der Waals surface area contributed by atoms with Crippen molar-refractivity contribution in [3.8, 4) is 11.5 Å². The van der Waals surface area contributed by atoms with Gasteiger partial charge in [0.1, 0.15) is 12.2 Å². The van der Waals surface area contributed by atoms with Crippen molar-refractivity contribution in [3.05, 3.63) is 23.8 Å². The van der Waals surface area contributed by atoms with Gasteiger partial charge in [-0.1, -0.05) is 19.3 Å². The summed E-state index contributed by atoms with van der Waals surface area (Å²) in [6.45, 7) is 0.712. The standard InChI is InChI=1S/C21H26N2O7/c24-20(12-6-7-15-16(8-12)29-11-28-15)23-14-9-26-19-17(10-27-18(14)19)30-21(25)22-13-4-2-1-3-5-13/h6-8,13-14,17-19H,1-5,9-11H2,(H,22,25)(H,23,24)/t14-,17+,18+,19+/m0/s1. The average molecular weight is 418 g/mol. The van der Waals surface area contributed by atoms with Gasteiger partial charge >= 0.3 is 6.09 Å². The summed E-state index contributed by atoms with van der Waals surface area (Å²) in [5.41, 5.74) is 0.473. The van der Waals surface area contributed by atoms with Crippen LogP contribution in [-0.4, -0.2) is 62.4 Å². The summed E-state index contributed by atoms with van der Waals surface area (Å²) in [6.07, 6.45) is 3.84. The molecular weight excluding hydrogens is 392 g/mol. The van der Waals surface area contributed by atoms with Crippen molar-refractivity contribution in [1.82, 2.24) is 10.6 Å². The molecule has 2 amide bonds. The van der Waals surface area contributed by atoms with Crippen LogP contribution in [0.2, 0.25) is 0 Å². The molecule has 4 aliphatic rings. The van der Waals surface area contributed by atoms with Crippen LogP contribution in [0.5, 0.6) is 11.5 Å². The maximum absolute atomic E-state index is 12.7. The molecular formula is C21H26N2O7. The first-order valence-corrected chi connectivity index (χ1v) is 10.6. The first-order chi connectivity index (χ1) is 14.7. The highest BCUT2D eigenvalue weighted by molar-refractivity contribution is 5.95. The number of nitrogens with one attached hydrogen (secondary N) is 2. The minimum absolute atomic E-state index is 0.157. The van der Waals surface area contributed by atoms with Crippen LogP contribution >= 0.6 is 0 Å². The Morgan fingerprint density at radius 1 is 0.933 bits per heavy atom. The summed E-state index contributed by atoms with van der Waals surface area (Å²) in [5, 5.41) is 5.90. The Bertz CT molecular complexity index is 811. The molecule has 0 bridgehead atoms. The SMILES string of the molecule is O=C(NC1CCCCC1)O[C@@H]1CO[C@H]2[C@@H]1OC[C@@H]2NC(=O)c1ccc2c(c1)OCO2. The van der Waals surface area contributed by atoms with Gasteiger partial charge in [0, 0.05) is 11.6 Å². The number of ether oxygens (including phenoxy) is 5. The molecule has 1 saturated carbocycles. The van der Waals surface area contributed by atoms with E-state index in [1.165, 1.54) is 6.42 Å². The normalized spacial score (nSPS) is 30.0. The maximum Gasteiger partial charge on any atom is 0.407 e.